The molecule has 6 heteroatoms. The number of hydrogen-bond acceptors (Lipinski definition) is 4. The molecule has 6 nitrogen and oxygen atoms in total. The lowest BCUT2D eigenvalue weighted by Crippen LogP contribution is -2.63. The molecule has 118 valence electrons. The van der Waals surface area contributed by atoms with Gasteiger partial charge >= 0.3 is 0 Å². The molecule has 1 aromatic carbocycles. The molecule has 2 aliphatic rings. The first kappa shape index (κ1) is 15.0. The fraction of sp³-hybridized carbons (Fsp3) is 0.500. The summed E-state index contributed by atoms with van der Waals surface area (Å²) in [5.74, 6) is -0.277. The maximum Gasteiger partial charge on any atom is 0.270 e. The Labute approximate surface area is 130 Å². The van der Waals surface area contributed by atoms with Crippen LogP contribution < -0.4 is 4.90 Å². The lowest BCUT2D eigenvalue weighted by Gasteiger charge is -2.48. The second kappa shape index (κ2) is 5.37. The third-order valence-corrected chi connectivity index (χ3v) is 4.30. The minimum Gasteiger partial charge on any atom is -0.340 e. The molecule has 1 saturated heterocycles. The maximum absolute atomic E-state index is 12.8. The molecular weight excluding hydrogens is 282 g/mol. The highest BCUT2D eigenvalue weighted by Crippen LogP contribution is 2.35. The highest BCUT2D eigenvalue weighted by Gasteiger charge is 2.45. The van der Waals surface area contributed by atoms with E-state index < -0.39 is 6.35 Å². The second-order valence-electron chi connectivity index (χ2n) is 5.97. The van der Waals surface area contributed by atoms with Gasteiger partial charge in [0.2, 0.25) is 12.3 Å². The number of hydrogen-bond donors (Lipinski definition) is 0. The van der Waals surface area contributed by atoms with Crippen molar-refractivity contribution in [3.05, 3.63) is 29.8 Å². The number of hydrazine groups is 1. The van der Waals surface area contributed by atoms with Crippen molar-refractivity contribution in [2.75, 3.05) is 11.9 Å². The van der Waals surface area contributed by atoms with Crippen molar-refractivity contribution >= 4 is 17.5 Å². The quantitative estimate of drug-likeness (QED) is 0.733. The van der Waals surface area contributed by atoms with E-state index in [1.807, 2.05) is 24.9 Å². The lowest BCUT2D eigenvalue weighted by molar-refractivity contribution is -0.213. The van der Waals surface area contributed by atoms with Crippen molar-refractivity contribution < 1.29 is 14.3 Å². The summed E-state index contributed by atoms with van der Waals surface area (Å²) < 4.78 is 6.03. The summed E-state index contributed by atoms with van der Waals surface area (Å²) >= 11 is 0. The van der Waals surface area contributed by atoms with E-state index in [4.69, 9.17) is 4.74 Å². The Balaban J connectivity index is 2.19. The van der Waals surface area contributed by atoms with E-state index >= 15 is 0 Å². The van der Waals surface area contributed by atoms with Crippen molar-refractivity contribution in [3.63, 3.8) is 0 Å². The van der Waals surface area contributed by atoms with Crippen molar-refractivity contribution in [1.82, 2.24) is 10.0 Å². The molecule has 2 amide bonds. The predicted octanol–water partition coefficient (Wildman–Crippen LogP) is 1.82. The van der Waals surface area contributed by atoms with Crippen molar-refractivity contribution in [3.8, 4) is 0 Å². The number of rotatable bonds is 0. The smallest absolute Gasteiger partial charge is 0.270 e. The van der Waals surface area contributed by atoms with E-state index in [1.165, 1.54) is 6.92 Å². The van der Waals surface area contributed by atoms with Crippen molar-refractivity contribution in [2.24, 2.45) is 0 Å². The van der Waals surface area contributed by atoms with Crippen molar-refractivity contribution in [1.29, 1.82) is 0 Å². The molecule has 2 aliphatic heterocycles. The van der Waals surface area contributed by atoms with E-state index in [0.717, 1.165) is 6.42 Å². The summed E-state index contributed by atoms with van der Waals surface area (Å²) in [7, 11) is 1.73. The van der Waals surface area contributed by atoms with Gasteiger partial charge in [0.15, 0.2) is 0 Å². The first-order valence-corrected chi connectivity index (χ1v) is 7.52. The van der Waals surface area contributed by atoms with Gasteiger partial charge < -0.3 is 4.74 Å². The van der Waals surface area contributed by atoms with Crippen LogP contribution in [-0.2, 0) is 9.53 Å². The summed E-state index contributed by atoms with van der Waals surface area (Å²) in [6, 6.07) is 7.27. The highest BCUT2D eigenvalue weighted by atomic mass is 16.5. The zero-order chi connectivity index (χ0) is 16.0. The molecule has 0 bridgehead atoms. The van der Waals surface area contributed by atoms with Gasteiger partial charge in [-0.25, -0.2) is 0 Å². The molecule has 1 fully saturated rings. The SMILES string of the molecule is CC(=O)N1c2ccccc2C(=O)N(C)N2[C@@H]1O[C@H](C)C[C@@H]2C. The van der Waals surface area contributed by atoms with Crippen LogP contribution in [0.2, 0.25) is 0 Å². The molecule has 22 heavy (non-hydrogen) atoms. The number of para-hydroxylation sites is 1. The molecule has 3 rings (SSSR count). The third kappa shape index (κ3) is 2.19. The number of amides is 2. The number of benzene rings is 1. The summed E-state index contributed by atoms with van der Waals surface area (Å²) in [5.41, 5.74) is 1.11. The average Bonchev–Trinajstić information content (AvgIpc) is 2.54. The Hall–Kier alpha value is -1.92. The van der Waals surface area contributed by atoms with Crippen LogP contribution in [0.1, 0.15) is 37.6 Å². The van der Waals surface area contributed by atoms with E-state index in [1.54, 1.807) is 35.2 Å². The average molecular weight is 303 g/mol. The van der Waals surface area contributed by atoms with Crippen LogP contribution in [0.4, 0.5) is 5.69 Å². The van der Waals surface area contributed by atoms with Gasteiger partial charge in [-0.2, -0.15) is 5.01 Å². The van der Waals surface area contributed by atoms with Gasteiger partial charge in [0.05, 0.1) is 17.4 Å². The summed E-state index contributed by atoms with van der Waals surface area (Å²) in [6.45, 7) is 5.53. The van der Waals surface area contributed by atoms with E-state index in [2.05, 4.69) is 0 Å². The zero-order valence-corrected chi connectivity index (χ0v) is 13.3. The molecule has 0 aromatic heterocycles. The predicted molar refractivity (Wildman–Crippen MR) is 81.9 cm³/mol. The van der Waals surface area contributed by atoms with E-state index in [0.29, 0.717) is 11.3 Å². The van der Waals surface area contributed by atoms with Gasteiger partial charge in [-0.1, -0.05) is 12.1 Å². The molecule has 0 saturated carbocycles. The Kier molecular flexibility index (Phi) is 3.66. The van der Waals surface area contributed by atoms with Crippen LogP contribution in [0.3, 0.4) is 0 Å². The number of carbonyl (C=O) groups excluding carboxylic acids is 2. The lowest BCUT2D eigenvalue weighted by atomic mass is 10.1. The summed E-state index contributed by atoms with van der Waals surface area (Å²) in [6.07, 6.45) is 0.219. The second-order valence-corrected chi connectivity index (χ2v) is 5.97. The van der Waals surface area contributed by atoms with Crippen LogP contribution in [0.25, 0.3) is 0 Å². The monoisotopic (exact) mass is 303 g/mol. The maximum atomic E-state index is 12.8. The van der Waals surface area contributed by atoms with Gasteiger partial charge in [0, 0.05) is 20.0 Å². The Morgan fingerprint density at radius 1 is 1.27 bits per heavy atom. The fourth-order valence-electron chi connectivity index (χ4n) is 3.34. The van der Waals surface area contributed by atoms with Gasteiger partial charge in [0.25, 0.3) is 5.91 Å². The van der Waals surface area contributed by atoms with Gasteiger partial charge in [-0.15, -0.1) is 0 Å². The zero-order valence-electron chi connectivity index (χ0n) is 13.3. The number of anilines is 1. The van der Waals surface area contributed by atoms with Crippen LogP contribution in [0.15, 0.2) is 24.3 Å². The number of ether oxygens (including phenoxy) is 1. The normalized spacial score (nSPS) is 28.9. The molecule has 0 N–H and O–H groups in total. The molecular formula is C16H21N3O3. The first-order chi connectivity index (χ1) is 10.4. The molecule has 3 atom stereocenters. The Morgan fingerprint density at radius 2 is 1.95 bits per heavy atom. The highest BCUT2D eigenvalue weighted by molar-refractivity contribution is 6.05. The minimum absolute atomic E-state index is 0.0202. The molecule has 0 radical (unpaired) electrons. The topological polar surface area (TPSA) is 53.1 Å². The van der Waals surface area contributed by atoms with Gasteiger partial charge in [-0.3, -0.25) is 19.5 Å². The van der Waals surface area contributed by atoms with Crippen LogP contribution in [0.5, 0.6) is 0 Å². The first-order valence-electron chi connectivity index (χ1n) is 7.52. The van der Waals surface area contributed by atoms with Crippen LogP contribution in [-0.4, -0.2) is 47.4 Å². The van der Waals surface area contributed by atoms with Crippen LogP contribution >= 0.6 is 0 Å². The number of fused-ring (bicyclic) bond motifs is 2. The van der Waals surface area contributed by atoms with Gasteiger partial charge in [0.1, 0.15) is 0 Å². The number of carbonyl (C=O) groups is 2. The fourth-order valence-corrected chi connectivity index (χ4v) is 3.34. The summed E-state index contributed by atoms with van der Waals surface area (Å²) in [5, 5.41) is 3.42. The molecule has 0 unspecified atom stereocenters. The number of nitrogens with zero attached hydrogens (tertiary/aromatic N) is 3. The summed E-state index contributed by atoms with van der Waals surface area (Å²) in [4.78, 5) is 26.6. The largest absolute Gasteiger partial charge is 0.340 e. The molecule has 0 spiro atoms. The van der Waals surface area contributed by atoms with E-state index in [-0.39, 0.29) is 24.0 Å². The molecule has 1 aromatic rings. The van der Waals surface area contributed by atoms with Crippen LogP contribution in [0, 0.1) is 0 Å². The van der Waals surface area contributed by atoms with Gasteiger partial charge in [-0.05, 0) is 32.4 Å². The van der Waals surface area contributed by atoms with E-state index in [9.17, 15) is 9.59 Å². The Bertz CT molecular complexity index is 618. The molecule has 0 aliphatic carbocycles. The standard InChI is InChI=1S/C16H21N3O3/c1-10-9-11(2)22-16-18(12(3)20)14-8-6-5-7-13(14)15(21)17(4)19(10)16/h5-8,10-11,16H,9H2,1-4H3/t10-,11+,16+/m0/s1. The minimum atomic E-state index is -0.603. The molecule has 2 heterocycles. The van der Waals surface area contributed by atoms with Crippen molar-refractivity contribution in [2.45, 2.75) is 45.7 Å². The third-order valence-electron chi connectivity index (χ3n) is 4.30. The Morgan fingerprint density at radius 3 is 2.64 bits per heavy atom.